The predicted molar refractivity (Wildman–Crippen MR) is 85.1 cm³/mol. The van der Waals surface area contributed by atoms with Crippen LogP contribution in [0.2, 0.25) is 5.02 Å². The van der Waals surface area contributed by atoms with E-state index in [1.807, 2.05) is 0 Å². The van der Waals surface area contributed by atoms with Crippen molar-refractivity contribution in [2.75, 3.05) is 6.61 Å². The molecule has 0 saturated carbocycles. The molecule has 2 aromatic rings. The number of carbonyl (C=O) groups is 2. The molecule has 124 valence electrons. The summed E-state index contributed by atoms with van der Waals surface area (Å²) in [5.74, 6) is -2.46. The molecule has 1 heterocycles. The van der Waals surface area contributed by atoms with Gasteiger partial charge in [-0.15, -0.1) is 0 Å². The second-order valence-electron chi connectivity index (χ2n) is 5.32. The van der Waals surface area contributed by atoms with Crippen molar-refractivity contribution in [3.8, 4) is 5.75 Å². The molecule has 0 radical (unpaired) electrons. The third-order valence-corrected chi connectivity index (χ3v) is 4.10. The van der Waals surface area contributed by atoms with E-state index in [9.17, 15) is 14.0 Å². The minimum Gasteiger partial charge on any atom is -0.490 e. The van der Waals surface area contributed by atoms with Gasteiger partial charge in [-0.1, -0.05) is 23.7 Å². The molecule has 2 aromatic carbocycles. The van der Waals surface area contributed by atoms with Crippen molar-refractivity contribution in [1.29, 1.82) is 0 Å². The van der Waals surface area contributed by atoms with Gasteiger partial charge in [0.05, 0.1) is 28.8 Å². The summed E-state index contributed by atoms with van der Waals surface area (Å²) in [6, 6.07) is 8.21. The van der Waals surface area contributed by atoms with Gasteiger partial charge in [0.15, 0.2) is 11.6 Å². The highest BCUT2D eigenvalue weighted by atomic mass is 35.5. The number of ether oxygens (including phenoxy) is 1. The molecule has 7 heteroatoms. The Morgan fingerprint density at radius 2 is 2.04 bits per heavy atom. The first-order valence-electron chi connectivity index (χ1n) is 7.22. The Balaban J connectivity index is 1.93. The molecule has 3 rings (SSSR count). The van der Waals surface area contributed by atoms with E-state index in [1.165, 1.54) is 6.07 Å². The van der Waals surface area contributed by atoms with Gasteiger partial charge in [-0.3, -0.25) is 4.79 Å². The average molecular weight is 350 g/mol. The summed E-state index contributed by atoms with van der Waals surface area (Å²) in [7, 11) is 0. The first-order chi connectivity index (χ1) is 11.5. The maximum Gasteiger partial charge on any atom is 0.335 e. The molecule has 1 atom stereocenters. The Morgan fingerprint density at radius 3 is 2.75 bits per heavy atom. The molecule has 24 heavy (non-hydrogen) atoms. The molecule has 1 unspecified atom stereocenters. The fourth-order valence-electron chi connectivity index (χ4n) is 2.61. The monoisotopic (exact) mass is 349 g/mol. The van der Waals surface area contributed by atoms with Crippen LogP contribution >= 0.6 is 11.6 Å². The molecule has 0 saturated heterocycles. The molecule has 1 aliphatic rings. The normalized spacial score (nSPS) is 16.0. The van der Waals surface area contributed by atoms with Crippen molar-refractivity contribution in [1.82, 2.24) is 5.32 Å². The van der Waals surface area contributed by atoms with Crippen LogP contribution in [0.4, 0.5) is 4.39 Å². The van der Waals surface area contributed by atoms with Crippen LogP contribution in [0.1, 0.15) is 38.7 Å². The Kier molecular flexibility index (Phi) is 4.40. The summed E-state index contributed by atoms with van der Waals surface area (Å²) < 4.78 is 19.4. The van der Waals surface area contributed by atoms with Crippen LogP contribution in [0.3, 0.4) is 0 Å². The maximum atomic E-state index is 14.1. The smallest absolute Gasteiger partial charge is 0.335 e. The van der Waals surface area contributed by atoms with Crippen molar-refractivity contribution in [3.63, 3.8) is 0 Å². The molecular weight excluding hydrogens is 337 g/mol. The van der Waals surface area contributed by atoms with Gasteiger partial charge < -0.3 is 15.2 Å². The molecule has 0 bridgehead atoms. The van der Waals surface area contributed by atoms with E-state index in [2.05, 4.69) is 5.32 Å². The predicted octanol–water partition coefficient (Wildman–Crippen LogP) is 3.43. The molecule has 1 amide bonds. The van der Waals surface area contributed by atoms with Crippen molar-refractivity contribution in [3.05, 3.63) is 63.9 Å². The van der Waals surface area contributed by atoms with Crippen molar-refractivity contribution >= 4 is 23.5 Å². The van der Waals surface area contributed by atoms with Crippen LogP contribution in [-0.2, 0) is 0 Å². The standard InChI is InChI=1S/C17H13ClFNO4/c18-12-4-2-1-3-10(12)16(21)20-14-5-6-24-15-11(14)7-9(17(22)23)8-13(15)19/h1-4,7-8,14H,5-6H2,(H,20,21)(H,22,23). The quantitative estimate of drug-likeness (QED) is 0.890. The van der Waals surface area contributed by atoms with Crippen LogP contribution in [-0.4, -0.2) is 23.6 Å². The van der Waals surface area contributed by atoms with E-state index < -0.39 is 23.7 Å². The number of carboxylic acid groups (broad SMARTS) is 1. The summed E-state index contributed by atoms with van der Waals surface area (Å²) in [6.45, 7) is 0.212. The second-order valence-corrected chi connectivity index (χ2v) is 5.73. The maximum absolute atomic E-state index is 14.1. The third-order valence-electron chi connectivity index (χ3n) is 3.77. The second kappa shape index (κ2) is 6.49. The van der Waals surface area contributed by atoms with Gasteiger partial charge in [0, 0.05) is 12.0 Å². The van der Waals surface area contributed by atoms with E-state index >= 15 is 0 Å². The largest absolute Gasteiger partial charge is 0.490 e. The highest BCUT2D eigenvalue weighted by molar-refractivity contribution is 6.33. The number of hydrogen-bond donors (Lipinski definition) is 2. The lowest BCUT2D eigenvalue weighted by molar-refractivity contribution is 0.0695. The van der Waals surface area contributed by atoms with Crippen LogP contribution in [0.15, 0.2) is 36.4 Å². The Bertz CT molecular complexity index is 824. The number of carbonyl (C=O) groups excluding carboxylic acids is 1. The fourth-order valence-corrected chi connectivity index (χ4v) is 2.84. The molecule has 0 aromatic heterocycles. The number of benzene rings is 2. The van der Waals surface area contributed by atoms with Gasteiger partial charge >= 0.3 is 5.97 Å². The SMILES string of the molecule is O=C(O)c1cc(F)c2c(c1)C(NC(=O)c1ccccc1Cl)CCO2. The first-order valence-corrected chi connectivity index (χ1v) is 7.60. The number of halogens is 2. The van der Waals surface area contributed by atoms with Crippen LogP contribution in [0.5, 0.6) is 5.75 Å². The number of amides is 1. The topological polar surface area (TPSA) is 75.6 Å². The zero-order chi connectivity index (χ0) is 17.3. The zero-order valence-electron chi connectivity index (χ0n) is 12.4. The van der Waals surface area contributed by atoms with E-state index in [1.54, 1.807) is 24.3 Å². The molecule has 5 nitrogen and oxygen atoms in total. The summed E-state index contributed by atoms with van der Waals surface area (Å²) >= 11 is 6.01. The highest BCUT2D eigenvalue weighted by Crippen LogP contribution is 2.35. The van der Waals surface area contributed by atoms with Gasteiger partial charge in [-0.25, -0.2) is 9.18 Å². The van der Waals surface area contributed by atoms with Crippen molar-refractivity contribution in [2.24, 2.45) is 0 Å². The molecule has 1 aliphatic heterocycles. The Labute approximate surface area is 142 Å². The molecule has 2 N–H and O–H groups in total. The van der Waals surface area contributed by atoms with E-state index in [-0.39, 0.29) is 17.9 Å². The minimum absolute atomic E-state index is 0.0318. The van der Waals surface area contributed by atoms with Crippen LogP contribution in [0.25, 0.3) is 0 Å². The van der Waals surface area contributed by atoms with E-state index in [4.69, 9.17) is 21.4 Å². The van der Waals surface area contributed by atoms with Crippen LogP contribution in [0, 0.1) is 5.82 Å². The first kappa shape index (κ1) is 16.3. The number of fused-ring (bicyclic) bond motifs is 1. The van der Waals surface area contributed by atoms with Gasteiger partial charge in [0.1, 0.15) is 0 Å². The van der Waals surface area contributed by atoms with E-state index in [0.29, 0.717) is 22.6 Å². The Morgan fingerprint density at radius 1 is 1.29 bits per heavy atom. The number of nitrogens with one attached hydrogen (secondary N) is 1. The fraction of sp³-hybridized carbons (Fsp3) is 0.176. The number of carboxylic acids is 1. The Hall–Kier alpha value is -2.60. The highest BCUT2D eigenvalue weighted by Gasteiger charge is 2.28. The van der Waals surface area contributed by atoms with Gasteiger partial charge in [0.2, 0.25) is 0 Å². The lowest BCUT2D eigenvalue weighted by Gasteiger charge is -2.27. The summed E-state index contributed by atoms with van der Waals surface area (Å²) in [5.41, 5.74) is 0.398. The molecule has 0 fully saturated rings. The summed E-state index contributed by atoms with van der Waals surface area (Å²) in [4.78, 5) is 23.5. The van der Waals surface area contributed by atoms with Gasteiger partial charge in [-0.05, 0) is 24.3 Å². The summed E-state index contributed by atoms with van der Waals surface area (Å²) in [6.07, 6.45) is 0.395. The van der Waals surface area contributed by atoms with Gasteiger partial charge in [-0.2, -0.15) is 0 Å². The third kappa shape index (κ3) is 3.05. The molecule has 0 aliphatic carbocycles. The van der Waals surface area contributed by atoms with Gasteiger partial charge in [0.25, 0.3) is 5.91 Å². The van der Waals surface area contributed by atoms with Crippen molar-refractivity contribution < 1.29 is 23.8 Å². The molecule has 0 spiro atoms. The number of hydrogen-bond acceptors (Lipinski definition) is 3. The minimum atomic E-state index is -1.25. The number of rotatable bonds is 3. The van der Waals surface area contributed by atoms with Crippen molar-refractivity contribution in [2.45, 2.75) is 12.5 Å². The average Bonchev–Trinajstić information content (AvgIpc) is 2.55. The molecular formula is C17H13ClFNO4. The zero-order valence-corrected chi connectivity index (χ0v) is 13.1. The summed E-state index contributed by atoms with van der Waals surface area (Å²) in [5, 5.41) is 12.1. The lowest BCUT2D eigenvalue weighted by Crippen LogP contribution is -2.32. The van der Waals surface area contributed by atoms with Crippen LogP contribution < -0.4 is 10.1 Å². The van der Waals surface area contributed by atoms with E-state index in [0.717, 1.165) is 6.07 Å². The number of aromatic carboxylic acids is 1. The lowest BCUT2D eigenvalue weighted by atomic mass is 9.97.